The number of H-pyrrole nitrogens is 1. The number of aliphatic hydroxyl groups excluding tert-OH is 2. The largest absolute Gasteiger partial charge is 0.480 e. The summed E-state index contributed by atoms with van der Waals surface area (Å²) in [6.45, 7) is 2.08. The number of carbonyl (C=O) groups is 2. The molecule has 1 aliphatic heterocycles. The lowest BCUT2D eigenvalue weighted by molar-refractivity contribution is -0.149. The molecule has 1 saturated heterocycles. The van der Waals surface area contributed by atoms with Gasteiger partial charge in [-0.2, -0.15) is 0 Å². The van der Waals surface area contributed by atoms with Gasteiger partial charge in [-0.1, -0.05) is 39.0 Å². The highest BCUT2D eigenvalue weighted by Gasteiger charge is 2.50. The molecule has 7 N–H and O–H groups in total. The number of ether oxygens (including phenoxy) is 1. The molecule has 12 heteroatoms. The number of carboxylic acid groups (broad SMARTS) is 1. The third-order valence-corrected chi connectivity index (χ3v) is 5.25. The molecule has 0 saturated carbocycles. The number of nitrogens with two attached hydrogens (primary N) is 1. The zero-order valence-corrected chi connectivity index (χ0v) is 17.3. The second kappa shape index (κ2) is 11.2. The van der Waals surface area contributed by atoms with Gasteiger partial charge in [-0.15, -0.1) is 0 Å². The fourth-order valence-electron chi connectivity index (χ4n) is 3.46. The van der Waals surface area contributed by atoms with Gasteiger partial charge in [0.25, 0.3) is 5.56 Å². The van der Waals surface area contributed by atoms with Gasteiger partial charge in [-0.05, 0) is 6.42 Å². The molecule has 2 rings (SSSR count). The number of hydrogen-bond donors (Lipinski definition) is 6. The lowest BCUT2D eigenvalue weighted by Gasteiger charge is -2.24. The molecule has 0 aromatic carbocycles. The molecule has 12 nitrogen and oxygen atoms in total. The van der Waals surface area contributed by atoms with Crippen molar-refractivity contribution in [1.29, 1.82) is 0 Å². The SMILES string of the molecule is CCCCCCC[C@@H](N)C(=O)N[C@H](C(=O)O)C1O[C@@H](n2ccc(=O)[nH]c2=O)[C@H](O)[C@@H]1O. The van der Waals surface area contributed by atoms with Crippen molar-refractivity contribution in [2.24, 2.45) is 5.73 Å². The van der Waals surface area contributed by atoms with Gasteiger partial charge in [0.2, 0.25) is 5.91 Å². The van der Waals surface area contributed by atoms with Crippen molar-refractivity contribution >= 4 is 11.9 Å². The Hall–Kier alpha value is -2.54. The highest BCUT2D eigenvalue weighted by Crippen LogP contribution is 2.30. The monoisotopic (exact) mass is 442 g/mol. The Morgan fingerprint density at radius 2 is 1.90 bits per heavy atom. The van der Waals surface area contributed by atoms with E-state index in [2.05, 4.69) is 12.2 Å². The molecule has 174 valence electrons. The molecule has 1 aromatic heterocycles. The number of aliphatic hydroxyl groups is 2. The van der Waals surface area contributed by atoms with E-state index in [1.165, 1.54) is 0 Å². The van der Waals surface area contributed by atoms with Crippen LogP contribution in [0.5, 0.6) is 0 Å². The van der Waals surface area contributed by atoms with Crippen molar-refractivity contribution in [1.82, 2.24) is 14.9 Å². The molecule has 0 aliphatic carbocycles. The van der Waals surface area contributed by atoms with Crippen LogP contribution in [-0.4, -0.2) is 67.1 Å². The van der Waals surface area contributed by atoms with E-state index in [0.29, 0.717) is 12.8 Å². The van der Waals surface area contributed by atoms with E-state index in [1.54, 1.807) is 0 Å². The number of aromatic amines is 1. The van der Waals surface area contributed by atoms with Crippen molar-refractivity contribution < 1.29 is 29.6 Å². The summed E-state index contributed by atoms with van der Waals surface area (Å²) in [6, 6.07) is -1.65. The van der Waals surface area contributed by atoms with E-state index in [1.807, 2.05) is 4.98 Å². The summed E-state index contributed by atoms with van der Waals surface area (Å²) in [6.07, 6.45) is -0.207. The van der Waals surface area contributed by atoms with Crippen molar-refractivity contribution in [3.05, 3.63) is 33.1 Å². The van der Waals surface area contributed by atoms with Crippen molar-refractivity contribution in [2.75, 3.05) is 0 Å². The number of unbranched alkanes of at least 4 members (excludes halogenated alkanes) is 4. The van der Waals surface area contributed by atoms with Crippen LogP contribution in [0.1, 0.15) is 51.7 Å². The van der Waals surface area contributed by atoms with Gasteiger partial charge in [0, 0.05) is 12.3 Å². The molecule has 1 unspecified atom stereocenters. The first kappa shape index (κ1) is 24.7. The summed E-state index contributed by atoms with van der Waals surface area (Å²) in [5, 5.41) is 32.4. The molecule has 2 heterocycles. The second-order valence-electron chi connectivity index (χ2n) is 7.62. The molecule has 0 radical (unpaired) electrons. The summed E-state index contributed by atoms with van der Waals surface area (Å²) in [5.74, 6) is -2.23. The van der Waals surface area contributed by atoms with Crippen LogP contribution in [0, 0.1) is 0 Å². The third-order valence-electron chi connectivity index (χ3n) is 5.25. The van der Waals surface area contributed by atoms with Crippen molar-refractivity contribution in [2.45, 2.75) is 82.1 Å². The van der Waals surface area contributed by atoms with Crippen LogP contribution in [-0.2, 0) is 14.3 Å². The normalized spacial score (nSPS) is 25.2. The first-order valence-corrected chi connectivity index (χ1v) is 10.3. The van der Waals surface area contributed by atoms with Crippen LogP contribution < -0.4 is 22.3 Å². The van der Waals surface area contributed by atoms with E-state index >= 15 is 0 Å². The highest BCUT2D eigenvalue weighted by molar-refractivity contribution is 5.87. The van der Waals surface area contributed by atoms with Gasteiger partial charge in [-0.25, -0.2) is 9.59 Å². The maximum atomic E-state index is 12.4. The van der Waals surface area contributed by atoms with E-state index in [-0.39, 0.29) is 0 Å². The van der Waals surface area contributed by atoms with Crippen LogP contribution >= 0.6 is 0 Å². The molecule has 31 heavy (non-hydrogen) atoms. The number of carboxylic acids is 1. The summed E-state index contributed by atoms with van der Waals surface area (Å²) in [4.78, 5) is 49.3. The maximum Gasteiger partial charge on any atom is 0.330 e. The second-order valence-corrected chi connectivity index (χ2v) is 7.62. The Balaban J connectivity index is 2.06. The average molecular weight is 442 g/mol. The molecule has 1 aromatic rings. The highest BCUT2D eigenvalue weighted by atomic mass is 16.6. The Labute approximate surface area is 178 Å². The quantitative estimate of drug-likeness (QED) is 0.219. The fraction of sp³-hybridized carbons (Fsp3) is 0.684. The summed E-state index contributed by atoms with van der Waals surface area (Å²) < 4.78 is 6.24. The topological polar surface area (TPSA) is 197 Å². The van der Waals surface area contributed by atoms with E-state index in [9.17, 15) is 34.5 Å². The molecular weight excluding hydrogens is 412 g/mol. The molecule has 1 amide bonds. The zero-order valence-electron chi connectivity index (χ0n) is 17.3. The number of carbonyl (C=O) groups excluding carboxylic acids is 1. The predicted molar refractivity (Wildman–Crippen MR) is 108 cm³/mol. The standard InChI is InChI=1S/C19H30N4O8/c1-2-3-4-5-6-7-10(20)16(27)22-12(18(28)29)15-13(25)14(26)17(31-15)23-9-8-11(24)21-19(23)30/h8-10,12-15,17,25-26H,2-7,20H2,1H3,(H,22,27)(H,28,29)(H,21,24,30)/t10-,12+,13+,14-,15?,17-/m1/s1. The van der Waals surface area contributed by atoms with Gasteiger partial charge in [0.05, 0.1) is 6.04 Å². The van der Waals surface area contributed by atoms with Crippen LogP contribution in [0.3, 0.4) is 0 Å². The number of nitrogens with one attached hydrogen (secondary N) is 2. The molecule has 1 fully saturated rings. The first-order valence-electron chi connectivity index (χ1n) is 10.3. The van der Waals surface area contributed by atoms with Crippen LogP contribution in [0.2, 0.25) is 0 Å². The summed E-state index contributed by atoms with van der Waals surface area (Å²) in [5.41, 5.74) is 4.27. The van der Waals surface area contributed by atoms with E-state index < -0.39 is 59.7 Å². The van der Waals surface area contributed by atoms with Crippen molar-refractivity contribution in [3.8, 4) is 0 Å². The Bertz CT molecular complexity index is 869. The predicted octanol–water partition coefficient (Wildman–Crippen LogP) is -1.59. The Kier molecular flexibility index (Phi) is 8.92. The average Bonchev–Trinajstić information content (AvgIpc) is 3.00. The third kappa shape index (κ3) is 6.23. The van der Waals surface area contributed by atoms with Crippen molar-refractivity contribution in [3.63, 3.8) is 0 Å². The smallest absolute Gasteiger partial charge is 0.330 e. The zero-order chi connectivity index (χ0) is 23.1. The first-order chi connectivity index (χ1) is 14.7. The summed E-state index contributed by atoms with van der Waals surface area (Å²) >= 11 is 0. The van der Waals surface area contributed by atoms with E-state index in [4.69, 9.17) is 10.5 Å². The minimum atomic E-state index is -1.73. The van der Waals surface area contributed by atoms with Gasteiger partial charge < -0.3 is 31.1 Å². The Morgan fingerprint density at radius 1 is 1.23 bits per heavy atom. The number of nitrogens with zero attached hydrogens (tertiary/aromatic N) is 1. The molecule has 1 aliphatic rings. The number of hydrogen-bond acceptors (Lipinski definition) is 8. The lowest BCUT2D eigenvalue weighted by Crippen LogP contribution is -2.56. The molecule has 0 spiro atoms. The van der Waals surface area contributed by atoms with Crippen LogP contribution in [0.15, 0.2) is 21.9 Å². The van der Waals surface area contributed by atoms with E-state index in [0.717, 1.165) is 42.5 Å². The van der Waals surface area contributed by atoms with Gasteiger partial charge >= 0.3 is 11.7 Å². The number of amides is 1. The van der Waals surface area contributed by atoms with Crippen LogP contribution in [0.4, 0.5) is 0 Å². The molecular formula is C19H30N4O8. The summed E-state index contributed by atoms with van der Waals surface area (Å²) in [7, 11) is 0. The number of aliphatic carboxylic acids is 1. The van der Waals surface area contributed by atoms with Gasteiger partial charge in [0.15, 0.2) is 12.3 Å². The molecule has 6 atom stereocenters. The van der Waals surface area contributed by atoms with Gasteiger partial charge in [-0.3, -0.25) is 19.1 Å². The van der Waals surface area contributed by atoms with Crippen LogP contribution in [0.25, 0.3) is 0 Å². The minimum absolute atomic E-state index is 0.369. The lowest BCUT2D eigenvalue weighted by atomic mass is 10.0. The van der Waals surface area contributed by atoms with Gasteiger partial charge in [0.1, 0.15) is 18.3 Å². The molecule has 0 bridgehead atoms. The maximum absolute atomic E-state index is 12.4. The number of rotatable bonds is 11. The number of aromatic nitrogens is 2. The minimum Gasteiger partial charge on any atom is -0.480 e. The fourth-order valence-corrected chi connectivity index (χ4v) is 3.46. The Morgan fingerprint density at radius 3 is 2.52 bits per heavy atom.